The highest BCUT2D eigenvalue weighted by atomic mass is 16.2. The SMILES string of the molecule is CC[C@H](C)[C@H](NC(=O)[C@@H]1CCCN1)C(=O)NCC=O. The van der Waals surface area contributed by atoms with Crippen LogP contribution in [0.5, 0.6) is 0 Å². The number of carbonyl (C=O) groups is 3. The molecule has 0 radical (unpaired) electrons. The number of hydrogen-bond donors (Lipinski definition) is 3. The molecular weight excluding hydrogens is 246 g/mol. The fourth-order valence-electron chi connectivity index (χ4n) is 2.12. The van der Waals surface area contributed by atoms with Crippen LogP contribution in [0.4, 0.5) is 0 Å². The van der Waals surface area contributed by atoms with E-state index in [0.717, 1.165) is 25.8 Å². The molecule has 1 saturated heterocycles. The van der Waals surface area contributed by atoms with Gasteiger partial charge >= 0.3 is 0 Å². The molecule has 0 aromatic carbocycles. The maximum Gasteiger partial charge on any atom is 0.243 e. The molecule has 0 unspecified atom stereocenters. The molecule has 0 bridgehead atoms. The standard InChI is InChI=1S/C13H23N3O3/c1-3-9(2)11(13(19)15-7-8-17)16-12(18)10-5-4-6-14-10/h8-11,14H,3-7H2,1-2H3,(H,15,19)(H,16,18)/t9-,10-,11-/m0/s1. The first-order valence-electron chi connectivity index (χ1n) is 6.85. The van der Waals surface area contributed by atoms with Gasteiger partial charge in [-0.05, 0) is 25.3 Å². The van der Waals surface area contributed by atoms with Crippen molar-refractivity contribution in [1.29, 1.82) is 0 Å². The van der Waals surface area contributed by atoms with E-state index in [2.05, 4.69) is 16.0 Å². The molecule has 1 aliphatic heterocycles. The largest absolute Gasteiger partial charge is 0.348 e. The number of amides is 2. The van der Waals surface area contributed by atoms with Gasteiger partial charge < -0.3 is 20.7 Å². The van der Waals surface area contributed by atoms with Crippen LogP contribution in [0, 0.1) is 5.92 Å². The van der Waals surface area contributed by atoms with Gasteiger partial charge in [-0.1, -0.05) is 20.3 Å². The third-order valence-corrected chi connectivity index (χ3v) is 3.53. The zero-order chi connectivity index (χ0) is 14.3. The predicted molar refractivity (Wildman–Crippen MR) is 71.5 cm³/mol. The van der Waals surface area contributed by atoms with Crippen LogP contribution in [-0.4, -0.2) is 43.3 Å². The van der Waals surface area contributed by atoms with Crippen molar-refractivity contribution >= 4 is 18.1 Å². The Balaban J connectivity index is 2.60. The highest BCUT2D eigenvalue weighted by Gasteiger charge is 2.29. The third-order valence-electron chi connectivity index (χ3n) is 3.53. The molecule has 6 heteroatoms. The number of nitrogens with one attached hydrogen (secondary N) is 3. The highest BCUT2D eigenvalue weighted by Crippen LogP contribution is 2.10. The Morgan fingerprint density at radius 3 is 2.74 bits per heavy atom. The first kappa shape index (κ1) is 15.6. The van der Waals surface area contributed by atoms with Crippen molar-refractivity contribution in [3.8, 4) is 0 Å². The summed E-state index contributed by atoms with van der Waals surface area (Å²) in [4.78, 5) is 34.3. The molecule has 0 spiro atoms. The van der Waals surface area contributed by atoms with Crippen LogP contribution in [0.25, 0.3) is 0 Å². The Kier molecular flexibility index (Phi) is 6.49. The molecular formula is C13H23N3O3. The molecule has 0 aliphatic carbocycles. The first-order chi connectivity index (χ1) is 9.10. The monoisotopic (exact) mass is 269 g/mol. The maximum atomic E-state index is 12.0. The van der Waals surface area contributed by atoms with Gasteiger partial charge in [-0.2, -0.15) is 0 Å². The third kappa shape index (κ3) is 4.63. The lowest BCUT2D eigenvalue weighted by Crippen LogP contribution is -2.54. The van der Waals surface area contributed by atoms with E-state index in [-0.39, 0.29) is 30.3 Å². The lowest BCUT2D eigenvalue weighted by atomic mass is 9.98. The molecule has 3 atom stereocenters. The van der Waals surface area contributed by atoms with Crippen LogP contribution in [-0.2, 0) is 14.4 Å². The summed E-state index contributed by atoms with van der Waals surface area (Å²) in [5.41, 5.74) is 0. The zero-order valence-electron chi connectivity index (χ0n) is 11.6. The maximum absolute atomic E-state index is 12.0. The van der Waals surface area contributed by atoms with Crippen LogP contribution in [0.2, 0.25) is 0 Å². The van der Waals surface area contributed by atoms with Crippen LogP contribution < -0.4 is 16.0 Å². The number of carbonyl (C=O) groups excluding carboxylic acids is 3. The van der Waals surface area contributed by atoms with Gasteiger partial charge in [0.25, 0.3) is 0 Å². The van der Waals surface area contributed by atoms with Crippen molar-refractivity contribution in [3.63, 3.8) is 0 Å². The Morgan fingerprint density at radius 2 is 2.21 bits per heavy atom. The molecule has 0 saturated carbocycles. The molecule has 19 heavy (non-hydrogen) atoms. The van der Waals surface area contributed by atoms with Gasteiger partial charge in [-0.25, -0.2) is 0 Å². The molecule has 1 aliphatic rings. The minimum atomic E-state index is -0.583. The number of aldehydes is 1. The molecule has 108 valence electrons. The van der Waals surface area contributed by atoms with Gasteiger partial charge in [-0.15, -0.1) is 0 Å². The predicted octanol–water partition coefficient (Wildman–Crippen LogP) is -0.416. The van der Waals surface area contributed by atoms with E-state index in [1.54, 1.807) is 0 Å². The van der Waals surface area contributed by atoms with Gasteiger partial charge in [0.15, 0.2) is 0 Å². The molecule has 0 aromatic rings. The fourth-order valence-corrected chi connectivity index (χ4v) is 2.12. The minimum Gasteiger partial charge on any atom is -0.348 e. The molecule has 0 aromatic heterocycles. The van der Waals surface area contributed by atoms with E-state index in [1.165, 1.54) is 0 Å². The second-order valence-electron chi connectivity index (χ2n) is 4.93. The molecule has 3 N–H and O–H groups in total. The summed E-state index contributed by atoms with van der Waals surface area (Å²) in [6.07, 6.45) is 3.18. The second kappa shape index (κ2) is 7.89. The first-order valence-corrected chi connectivity index (χ1v) is 6.85. The molecule has 1 rings (SSSR count). The van der Waals surface area contributed by atoms with Gasteiger partial charge in [0.1, 0.15) is 12.3 Å². The van der Waals surface area contributed by atoms with Gasteiger partial charge in [-0.3, -0.25) is 9.59 Å². The topological polar surface area (TPSA) is 87.3 Å². The summed E-state index contributed by atoms with van der Waals surface area (Å²) < 4.78 is 0. The highest BCUT2D eigenvalue weighted by molar-refractivity contribution is 5.90. The molecule has 2 amide bonds. The summed E-state index contributed by atoms with van der Waals surface area (Å²) in [5.74, 6) is -0.408. The molecule has 1 heterocycles. The summed E-state index contributed by atoms with van der Waals surface area (Å²) >= 11 is 0. The zero-order valence-corrected chi connectivity index (χ0v) is 11.6. The minimum absolute atomic E-state index is 0.0245. The van der Waals surface area contributed by atoms with Gasteiger partial charge in [0, 0.05) is 0 Å². The van der Waals surface area contributed by atoms with Crippen LogP contribution >= 0.6 is 0 Å². The van der Waals surface area contributed by atoms with E-state index < -0.39 is 6.04 Å². The average molecular weight is 269 g/mol. The Hall–Kier alpha value is -1.43. The van der Waals surface area contributed by atoms with Crippen molar-refractivity contribution in [2.24, 2.45) is 5.92 Å². The van der Waals surface area contributed by atoms with Gasteiger partial charge in [0.05, 0.1) is 12.6 Å². The van der Waals surface area contributed by atoms with Crippen molar-refractivity contribution in [1.82, 2.24) is 16.0 Å². The Bertz CT molecular complexity index is 327. The lowest BCUT2D eigenvalue weighted by Gasteiger charge is -2.24. The Labute approximate surface area is 113 Å². The smallest absolute Gasteiger partial charge is 0.243 e. The summed E-state index contributed by atoms with van der Waals surface area (Å²) in [6.45, 7) is 4.69. The van der Waals surface area contributed by atoms with Crippen LogP contribution in [0.1, 0.15) is 33.1 Å². The van der Waals surface area contributed by atoms with Crippen LogP contribution in [0.3, 0.4) is 0 Å². The van der Waals surface area contributed by atoms with E-state index in [9.17, 15) is 14.4 Å². The van der Waals surface area contributed by atoms with Crippen molar-refractivity contribution in [3.05, 3.63) is 0 Å². The summed E-state index contributed by atoms with van der Waals surface area (Å²) in [6, 6.07) is -0.787. The van der Waals surface area contributed by atoms with Crippen molar-refractivity contribution in [2.75, 3.05) is 13.1 Å². The second-order valence-corrected chi connectivity index (χ2v) is 4.93. The van der Waals surface area contributed by atoms with Crippen molar-refractivity contribution < 1.29 is 14.4 Å². The number of rotatable bonds is 7. The quantitative estimate of drug-likeness (QED) is 0.548. The normalized spacial score (nSPS) is 21.5. The molecule has 6 nitrogen and oxygen atoms in total. The Morgan fingerprint density at radius 1 is 1.47 bits per heavy atom. The van der Waals surface area contributed by atoms with E-state index >= 15 is 0 Å². The average Bonchev–Trinajstić information content (AvgIpc) is 2.95. The van der Waals surface area contributed by atoms with E-state index in [0.29, 0.717) is 6.29 Å². The van der Waals surface area contributed by atoms with E-state index in [4.69, 9.17) is 0 Å². The fraction of sp³-hybridized carbons (Fsp3) is 0.769. The summed E-state index contributed by atoms with van der Waals surface area (Å²) in [7, 11) is 0. The van der Waals surface area contributed by atoms with E-state index in [1.807, 2.05) is 13.8 Å². The summed E-state index contributed by atoms with van der Waals surface area (Å²) in [5, 5.41) is 8.39. The molecule has 1 fully saturated rings. The van der Waals surface area contributed by atoms with Gasteiger partial charge in [0.2, 0.25) is 11.8 Å². The number of hydrogen-bond acceptors (Lipinski definition) is 4. The van der Waals surface area contributed by atoms with Crippen molar-refractivity contribution in [2.45, 2.75) is 45.2 Å². The lowest BCUT2D eigenvalue weighted by molar-refractivity contribution is -0.131. The van der Waals surface area contributed by atoms with Crippen LogP contribution in [0.15, 0.2) is 0 Å².